The lowest BCUT2D eigenvalue weighted by Gasteiger charge is -2.46. The van der Waals surface area contributed by atoms with E-state index in [4.69, 9.17) is 0 Å². The summed E-state index contributed by atoms with van der Waals surface area (Å²) in [7, 11) is 0. The lowest BCUT2D eigenvalue weighted by atomic mass is 9.79. The molecule has 2 unspecified atom stereocenters. The van der Waals surface area contributed by atoms with Gasteiger partial charge in [-0.15, -0.1) is 0 Å². The molecule has 0 amide bonds. The van der Waals surface area contributed by atoms with E-state index in [1.54, 1.807) is 0 Å². The first-order valence-electron chi connectivity index (χ1n) is 7.52. The van der Waals surface area contributed by atoms with Crippen LogP contribution in [0.4, 0.5) is 0 Å². The predicted molar refractivity (Wildman–Crippen MR) is 74.2 cm³/mol. The zero-order chi connectivity index (χ0) is 12.4. The molecule has 0 N–H and O–H groups in total. The van der Waals surface area contributed by atoms with Crippen molar-refractivity contribution in [1.29, 1.82) is 0 Å². The second-order valence-electron chi connectivity index (χ2n) is 6.84. The Morgan fingerprint density at radius 1 is 0.941 bits per heavy atom. The molecule has 2 atom stereocenters. The third kappa shape index (κ3) is 3.45. The van der Waals surface area contributed by atoms with Crippen molar-refractivity contribution >= 4 is 0 Å². The van der Waals surface area contributed by atoms with E-state index in [0.717, 1.165) is 23.8 Å². The Balaban J connectivity index is 1.84. The van der Waals surface area contributed by atoms with E-state index in [-0.39, 0.29) is 0 Å². The van der Waals surface area contributed by atoms with Crippen LogP contribution in [0.15, 0.2) is 0 Å². The Hall–Kier alpha value is -0.0800. The first-order valence-corrected chi connectivity index (χ1v) is 7.52. The van der Waals surface area contributed by atoms with E-state index in [0.29, 0.717) is 0 Å². The first kappa shape index (κ1) is 13.4. The monoisotopic (exact) mass is 238 g/mol. The molecule has 0 radical (unpaired) electrons. The summed E-state index contributed by atoms with van der Waals surface area (Å²) in [6, 6.07) is 0.740. The number of fused-ring (bicyclic) bond motifs is 1. The Morgan fingerprint density at radius 2 is 1.59 bits per heavy atom. The molecule has 2 nitrogen and oxygen atoms in total. The Bertz CT molecular complexity index is 237. The molecule has 2 rings (SSSR count). The maximum Gasteiger partial charge on any atom is 0.00387 e. The van der Waals surface area contributed by atoms with Crippen LogP contribution in [-0.2, 0) is 0 Å². The normalized spacial score (nSPS) is 32.1. The molecule has 2 aliphatic heterocycles. The number of piperidine rings is 2. The standard InChI is InChI=1S/C15H30N2/c1-12(2)9-16-7-5-15-11-17(13(3)4)8-6-14(15)10-16/h12-15H,5-11H2,1-4H3. The van der Waals surface area contributed by atoms with Crippen molar-refractivity contribution in [2.24, 2.45) is 17.8 Å². The average Bonchev–Trinajstić information content (AvgIpc) is 2.27. The van der Waals surface area contributed by atoms with Gasteiger partial charge in [-0.2, -0.15) is 0 Å². The highest BCUT2D eigenvalue weighted by atomic mass is 15.2. The van der Waals surface area contributed by atoms with Gasteiger partial charge in [-0.1, -0.05) is 13.8 Å². The highest BCUT2D eigenvalue weighted by Gasteiger charge is 2.34. The molecule has 0 aromatic rings. The van der Waals surface area contributed by atoms with E-state index in [2.05, 4.69) is 37.5 Å². The average molecular weight is 238 g/mol. The van der Waals surface area contributed by atoms with Crippen molar-refractivity contribution in [3.63, 3.8) is 0 Å². The molecule has 0 saturated carbocycles. The molecule has 0 aliphatic carbocycles. The fourth-order valence-corrected chi connectivity index (χ4v) is 3.60. The predicted octanol–water partition coefficient (Wildman–Crippen LogP) is 2.69. The molecule has 17 heavy (non-hydrogen) atoms. The Labute approximate surface area is 107 Å². The maximum absolute atomic E-state index is 2.71. The minimum Gasteiger partial charge on any atom is -0.303 e. The molecule has 0 aromatic carbocycles. The van der Waals surface area contributed by atoms with Gasteiger partial charge in [0.15, 0.2) is 0 Å². The molecular weight excluding hydrogens is 208 g/mol. The van der Waals surface area contributed by atoms with Crippen LogP contribution in [0.1, 0.15) is 40.5 Å². The van der Waals surface area contributed by atoms with Crippen molar-refractivity contribution in [3.05, 3.63) is 0 Å². The Kier molecular flexibility index (Phi) is 4.48. The van der Waals surface area contributed by atoms with Gasteiger partial charge in [0.2, 0.25) is 0 Å². The summed E-state index contributed by atoms with van der Waals surface area (Å²) in [6.07, 6.45) is 2.86. The SMILES string of the molecule is CC(C)CN1CCC2CN(C(C)C)CCC2C1. The molecule has 2 heteroatoms. The smallest absolute Gasteiger partial charge is 0.00387 e. The third-order valence-electron chi connectivity index (χ3n) is 4.59. The fourth-order valence-electron chi connectivity index (χ4n) is 3.60. The summed E-state index contributed by atoms with van der Waals surface area (Å²) < 4.78 is 0. The second-order valence-corrected chi connectivity index (χ2v) is 6.84. The lowest BCUT2D eigenvalue weighted by molar-refractivity contribution is 0.0266. The quantitative estimate of drug-likeness (QED) is 0.746. The van der Waals surface area contributed by atoms with Gasteiger partial charge in [0, 0.05) is 25.7 Å². The van der Waals surface area contributed by atoms with Crippen LogP contribution in [0.5, 0.6) is 0 Å². The van der Waals surface area contributed by atoms with Crippen molar-refractivity contribution in [2.75, 3.05) is 32.7 Å². The van der Waals surface area contributed by atoms with Crippen molar-refractivity contribution < 1.29 is 0 Å². The zero-order valence-electron chi connectivity index (χ0n) is 12.2. The van der Waals surface area contributed by atoms with E-state index < -0.39 is 0 Å². The van der Waals surface area contributed by atoms with Gasteiger partial charge in [-0.25, -0.2) is 0 Å². The molecule has 0 spiro atoms. The number of hydrogen-bond donors (Lipinski definition) is 0. The number of likely N-dealkylation sites (tertiary alicyclic amines) is 2. The van der Waals surface area contributed by atoms with Crippen molar-refractivity contribution in [2.45, 2.75) is 46.6 Å². The van der Waals surface area contributed by atoms with E-state index >= 15 is 0 Å². The highest BCUT2D eigenvalue weighted by molar-refractivity contribution is 4.87. The van der Waals surface area contributed by atoms with Crippen LogP contribution in [0.2, 0.25) is 0 Å². The van der Waals surface area contributed by atoms with Gasteiger partial charge in [-0.3, -0.25) is 0 Å². The van der Waals surface area contributed by atoms with Gasteiger partial charge in [0.1, 0.15) is 0 Å². The molecule has 2 heterocycles. The summed E-state index contributed by atoms with van der Waals surface area (Å²) in [4.78, 5) is 5.39. The molecule has 0 bridgehead atoms. The number of nitrogens with zero attached hydrogens (tertiary/aromatic N) is 2. The minimum absolute atomic E-state index is 0.740. The summed E-state index contributed by atoms with van der Waals surface area (Å²) in [5, 5.41) is 0. The van der Waals surface area contributed by atoms with E-state index in [9.17, 15) is 0 Å². The minimum atomic E-state index is 0.740. The topological polar surface area (TPSA) is 6.48 Å². The summed E-state index contributed by atoms with van der Waals surface area (Å²) in [5.41, 5.74) is 0. The summed E-state index contributed by atoms with van der Waals surface area (Å²) in [6.45, 7) is 16.1. The van der Waals surface area contributed by atoms with Gasteiger partial charge in [-0.05, 0) is 57.5 Å². The van der Waals surface area contributed by atoms with Crippen LogP contribution in [0.3, 0.4) is 0 Å². The summed E-state index contributed by atoms with van der Waals surface area (Å²) >= 11 is 0. The second kappa shape index (κ2) is 5.71. The number of hydrogen-bond acceptors (Lipinski definition) is 2. The highest BCUT2D eigenvalue weighted by Crippen LogP contribution is 2.32. The number of rotatable bonds is 3. The van der Waals surface area contributed by atoms with Crippen LogP contribution in [-0.4, -0.2) is 48.6 Å². The van der Waals surface area contributed by atoms with Crippen LogP contribution < -0.4 is 0 Å². The maximum atomic E-state index is 2.71. The van der Waals surface area contributed by atoms with E-state index in [1.807, 2.05) is 0 Å². The molecule has 100 valence electrons. The van der Waals surface area contributed by atoms with Gasteiger partial charge >= 0.3 is 0 Å². The first-order chi connectivity index (χ1) is 8.06. The van der Waals surface area contributed by atoms with Crippen LogP contribution >= 0.6 is 0 Å². The van der Waals surface area contributed by atoms with Gasteiger partial charge in [0.05, 0.1) is 0 Å². The molecule has 2 saturated heterocycles. The lowest BCUT2D eigenvalue weighted by Crippen LogP contribution is -2.51. The van der Waals surface area contributed by atoms with Gasteiger partial charge in [0.25, 0.3) is 0 Å². The largest absolute Gasteiger partial charge is 0.303 e. The summed E-state index contributed by atoms with van der Waals surface area (Å²) in [5.74, 6) is 2.79. The van der Waals surface area contributed by atoms with Crippen LogP contribution in [0.25, 0.3) is 0 Å². The van der Waals surface area contributed by atoms with Crippen molar-refractivity contribution in [1.82, 2.24) is 9.80 Å². The fraction of sp³-hybridized carbons (Fsp3) is 1.00. The third-order valence-corrected chi connectivity index (χ3v) is 4.59. The van der Waals surface area contributed by atoms with E-state index in [1.165, 1.54) is 45.6 Å². The Morgan fingerprint density at radius 3 is 2.24 bits per heavy atom. The van der Waals surface area contributed by atoms with Gasteiger partial charge < -0.3 is 9.80 Å². The molecule has 2 aliphatic rings. The zero-order valence-corrected chi connectivity index (χ0v) is 12.2. The molecular formula is C15H30N2. The van der Waals surface area contributed by atoms with Crippen molar-refractivity contribution in [3.8, 4) is 0 Å². The molecule has 0 aromatic heterocycles. The molecule has 2 fully saturated rings. The van der Waals surface area contributed by atoms with Crippen LogP contribution in [0, 0.1) is 17.8 Å².